The van der Waals surface area contributed by atoms with Gasteiger partial charge in [0.25, 0.3) is 0 Å². The van der Waals surface area contributed by atoms with E-state index in [4.69, 9.17) is 5.73 Å². The maximum absolute atomic E-state index is 5.48. The van der Waals surface area contributed by atoms with Gasteiger partial charge in [0.05, 0.1) is 18.2 Å². The zero-order valence-electron chi connectivity index (χ0n) is 9.50. The summed E-state index contributed by atoms with van der Waals surface area (Å²) >= 11 is 0. The van der Waals surface area contributed by atoms with E-state index in [1.165, 1.54) is 5.56 Å². The molecule has 2 aromatic rings. The molecule has 16 heavy (non-hydrogen) atoms. The molecule has 2 heterocycles. The molecule has 2 rings (SSSR count). The van der Waals surface area contributed by atoms with Gasteiger partial charge in [-0.25, -0.2) is 4.98 Å². The number of aryl methyl sites for hydroxylation is 3. The van der Waals surface area contributed by atoms with Crippen LogP contribution in [0.3, 0.4) is 0 Å². The van der Waals surface area contributed by atoms with Crippen LogP contribution < -0.4 is 5.73 Å². The van der Waals surface area contributed by atoms with Gasteiger partial charge < -0.3 is 10.3 Å². The molecule has 86 valence electrons. The first kappa shape index (κ1) is 10.9. The summed E-state index contributed by atoms with van der Waals surface area (Å²) in [5, 5.41) is 4.14. The SMILES string of the molecule is Cn1cc(CCn2cnc(CCN)c2)cn1. The smallest absolute Gasteiger partial charge is 0.0949 e. The molecule has 5 heteroatoms. The van der Waals surface area contributed by atoms with Crippen molar-refractivity contribution in [3.05, 3.63) is 36.2 Å². The molecule has 0 aromatic carbocycles. The van der Waals surface area contributed by atoms with Crippen molar-refractivity contribution in [3.63, 3.8) is 0 Å². The summed E-state index contributed by atoms with van der Waals surface area (Å²) in [5.41, 5.74) is 7.79. The highest BCUT2D eigenvalue weighted by Gasteiger charge is 1.99. The van der Waals surface area contributed by atoms with E-state index in [9.17, 15) is 0 Å². The molecule has 0 fully saturated rings. The number of nitrogens with zero attached hydrogens (tertiary/aromatic N) is 4. The third kappa shape index (κ3) is 2.70. The first-order valence-corrected chi connectivity index (χ1v) is 5.46. The van der Waals surface area contributed by atoms with E-state index in [0.717, 1.165) is 25.1 Å². The lowest BCUT2D eigenvalue weighted by Gasteiger charge is -1.99. The lowest BCUT2D eigenvalue weighted by atomic mass is 10.2. The second-order valence-corrected chi connectivity index (χ2v) is 3.91. The first-order chi connectivity index (χ1) is 7.78. The van der Waals surface area contributed by atoms with Crippen LogP contribution in [0.25, 0.3) is 0 Å². The largest absolute Gasteiger partial charge is 0.337 e. The number of nitrogens with two attached hydrogens (primary N) is 1. The molecular formula is C11H17N5. The van der Waals surface area contributed by atoms with Crippen molar-refractivity contribution in [2.75, 3.05) is 6.54 Å². The highest BCUT2D eigenvalue weighted by Crippen LogP contribution is 2.02. The third-order valence-electron chi connectivity index (χ3n) is 2.50. The third-order valence-corrected chi connectivity index (χ3v) is 2.50. The monoisotopic (exact) mass is 219 g/mol. The van der Waals surface area contributed by atoms with Crippen LogP contribution in [0.4, 0.5) is 0 Å². The molecule has 0 saturated carbocycles. The van der Waals surface area contributed by atoms with Crippen molar-refractivity contribution in [1.29, 1.82) is 0 Å². The van der Waals surface area contributed by atoms with Crippen molar-refractivity contribution in [2.24, 2.45) is 12.8 Å². The van der Waals surface area contributed by atoms with Crippen molar-refractivity contribution in [1.82, 2.24) is 19.3 Å². The number of imidazole rings is 1. The Morgan fingerprint density at radius 1 is 1.31 bits per heavy atom. The molecule has 0 amide bonds. The second kappa shape index (κ2) is 4.94. The number of hydrogen-bond donors (Lipinski definition) is 1. The molecule has 0 unspecified atom stereocenters. The Morgan fingerprint density at radius 3 is 2.88 bits per heavy atom. The maximum Gasteiger partial charge on any atom is 0.0949 e. The van der Waals surface area contributed by atoms with Gasteiger partial charge in [-0.2, -0.15) is 5.10 Å². The molecule has 0 aliphatic rings. The average Bonchev–Trinajstić information content (AvgIpc) is 2.85. The van der Waals surface area contributed by atoms with Gasteiger partial charge in [0.15, 0.2) is 0 Å². The summed E-state index contributed by atoms with van der Waals surface area (Å²) < 4.78 is 3.92. The number of rotatable bonds is 5. The summed E-state index contributed by atoms with van der Waals surface area (Å²) in [7, 11) is 1.93. The van der Waals surface area contributed by atoms with Crippen molar-refractivity contribution in [2.45, 2.75) is 19.4 Å². The Morgan fingerprint density at radius 2 is 2.19 bits per heavy atom. The summed E-state index contributed by atoms with van der Waals surface area (Å²) in [4.78, 5) is 4.29. The molecule has 5 nitrogen and oxygen atoms in total. The number of aromatic nitrogens is 4. The summed E-state index contributed by atoms with van der Waals surface area (Å²) in [6.07, 6.45) is 9.69. The van der Waals surface area contributed by atoms with E-state index in [0.29, 0.717) is 6.54 Å². The van der Waals surface area contributed by atoms with Crippen LogP contribution in [0, 0.1) is 0 Å². The highest BCUT2D eigenvalue weighted by atomic mass is 15.2. The van der Waals surface area contributed by atoms with Crippen LogP contribution in [0.15, 0.2) is 24.9 Å². The summed E-state index contributed by atoms with van der Waals surface area (Å²) in [6, 6.07) is 0. The van der Waals surface area contributed by atoms with Gasteiger partial charge >= 0.3 is 0 Å². The Hall–Kier alpha value is -1.62. The molecule has 0 aliphatic carbocycles. The van der Waals surface area contributed by atoms with E-state index in [1.807, 2.05) is 30.5 Å². The van der Waals surface area contributed by atoms with Crippen LogP contribution in [0.2, 0.25) is 0 Å². The van der Waals surface area contributed by atoms with Crippen LogP contribution in [0.1, 0.15) is 11.3 Å². The van der Waals surface area contributed by atoms with Gasteiger partial charge in [0.2, 0.25) is 0 Å². The van der Waals surface area contributed by atoms with E-state index in [1.54, 1.807) is 0 Å². The zero-order valence-corrected chi connectivity index (χ0v) is 9.50. The van der Waals surface area contributed by atoms with Crippen LogP contribution >= 0.6 is 0 Å². The molecule has 0 aliphatic heterocycles. The lowest BCUT2D eigenvalue weighted by Crippen LogP contribution is -2.03. The van der Waals surface area contributed by atoms with Crippen molar-refractivity contribution >= 4 is 0 Å². The molecular weight excluding hydrogens is 202 g/mol. The fourth-order valence-corrected chi connectivity index (χ4v) is 1.66. The van der Waals surface area contributed by atoms with Crippen molar-refractivity contribution in [3.8, 4) is 0 Å². The minimum Gasteiger partial charge on any atom is -0.337 e. The van der Waals surface area contributed by atoms with Gasteiger partial charge in [0, 0.05) is 32.4 Å². The molecule has 2 aromatic heterocycles. The summed E-state index contributed by atoms with van der Waals surface area (Å²) in [6.45, 7) is 1.59. The minimum absolute atomic E-state index is 0.652. The normalized spacial score (nSPS) is 10.9. The molecule has 0 saturated heterocycles. The van der Waals surface area contributed by atoms with E-state index in [2.05, 4.69) is 20.8 Å². The Kier molecular flexibility index (Phi) is 3.36. The maximum atomic E-state index is 5.48. The van der Waals surface area contributed by atoms with Crippen molar-refractivity contribution < 1.29 is 0 Å². The topological polar surface area (TPSA) is 61.7 Å². The summed E-state index contributed by atoms with van der Waals surface area (Å²) in [5.74, 6) is 0. The molecule has 0 spiro atoms. The molecule has 0 radical (unpaired) electrons. The highest BCUT2D eigenvalue weighted by molar-refractivity contribution is 5.04. The molecule has 2 N–H and O–H groups in total. The quantitative estimate of drug-likeness (QED) is 0.790. The van der Waals surface area contributed by atoms with E-state index in [-0.39, 0.29) is 0 Å². The Bertz CT molecular complexity index is 443. The van der Waals surface area contributed by atoms with Crippen LogP contribution in [-0.2, 0) is 26.4 Å². The molecule has 0 atom stereocenters. The van der Waals surface area contributed by atoms with E-state index >= 15 is 0 Å². The number of hydrogen-bond acceptors (Lipinski definition) is 3. The van der Waals surface area contributed by atoms with Gasteiger partial charge in [-0.1, -0.05) is 0 Å². The van der Waals surface area contributed by atoms with Crippen LogP contribution in [0.5, 0.6) is 0 Å². The predicted molar refractivity (Wildman–Crippen MR) is 61.9 cm³/mol. The zero-order chi connectivity index (χ0) is 11.4. The van der Waals surface area contributed by atoms with Gasteiger partial charge in [-0.05, 0) is 18.5 Å². The Labute approximate surface area is 94.9 Å². The predicted octanol–water partition coefficient (Wildman–Crippen LogP) is 0.360. The lowest BCUT2D eigenvalue weighted by molar-refractivity contribution is 0.693. The fourth-order valence-electron chi connectivity index (χ4n) is 1.66. The van der Waals surface area contributed by atoms with Gasteiger partial charge in [-0.15, -0.1) is 0 Å². The van der Waals surface area contributed by atoms with Gasteiger partial charge in [-0.3, -0.25) is 4.68 Å². The van der Waals surface area contributed by atoms with E-state index < -0.39 is 0 Å². The standard InChI is InChI=1S/C11H17N5/c1-15-7-10(6-14-15)3-5-16-8-11(2-4-12)13-9-16/h6-9H,2-5,12H2,1H3. The first-order valence-electron chi connectivity index (χ1n) is 5.46. The van der Waals surface area contributed by atoms with Gasteiger partial charge in [0.1, 0.15) is 0 Å². The fraction of sp³-hybridized carbons (Fsp3) is 0.455. The Balaban J connectivity index is 1.89. The average molecular weight is 219 g/mol. The molecule has 0 bridgehead atoms. The second-order valence-electron chi connectivity index (χ2n) is 3.91. The van der Waals surface area contributed by atoms with Crippen LogP contribution in [-0.4, -0.2) is 25.9 Å². The minimum atomic E-state index is 0.652.